The van der Waals surface area contributed by atoms with Gasteiger partial charge in [-0.3, -0.25) is 4.98 Å². The fourth-order valence-corrected chi connectivity index (χ4v) is 1.58. The van der Waals surface area contributed by atoms with Crippen molar-refractivity contribution in [1.29, 1.82) is 0 Å². The second-order valence-corrected chi connectivity index (χ2v) is 3.68. The Balaban J connectivity index is 2.31. The van der Waals surface area contributed by atoms with Crippen LogP contribution in [-0.2, 0) is 0 Å². The number of hydrogen-bond acceptors (Lipinski definition) is 2. The molecule has 0 saturated carbocycles. The number of aryl methyl sites for hydroxylation is 1. The number of aliphatic hydroxyl groups excluding tert-OH is 1. The minimum absolute atomic E-state index is 0.304. The van der Waals surface area contributed by atoms with Crippen LogP contribution in [0, 0.1) is 12.7 Å². The van der Waals surface area contributed by atoms with Crippen molar-refractivity contribution in [2.45, 2.75) is 13.0 Å². The minimum atomic E-state index is -0.734. The number of hydrogen-bond donors (Lipinski definition) is 1. The van der Waals surface area contributed by atoms with E-state index in [9.17, 15) is 9.50 Å². The molecule has 1 atom stereocenters. The molecule has 2 rings (SSSR count). The summed E-state index contributed by atoms with van der Waals surface area (Å²) in [4.78, 5) is 4.06. The van der Waals surface area contributed by atoms with Crippen LogP contribution in [0.5, 0.6) is 0 Å². The average Bonchev–Trinajstić information content (AvgIpc) is 2.29. The lowest BCUT2D eigenvalue weighted by Gasteiger charge is -2.11. The Kier molecular flexibility index (Phi) is 2.97. The first-order valence-electron chi connectivity index (χ1n) is 5.03. The molecule has 0 bridgehead atoms. The zero-order valence-electron chi connectivity index (χ0n) is 8.89. The maximum absolute atomic E-state index is 12.7. The molecule has 0 aliphatic carbocycles. The molecular formula is C13H12FNO. The first-order valence-corrected chi connectivity index (χ1v) is 5.03. The van der Waals surface area contributed by atoms with Crippen molar-refractivity contribution in [3.63, 3.8) is 0 Å². The number of aromatic nitrogens is 1. The molecule has 0 radical (unpaired) electrons. The molecule has 1 aromatic heterocycles. The number of benzene rings is 1. The highest BCUT2D eigenvalue weighted by Gasteiger charge is 2.10. The molecular weight excluding hydrogens is 205 g/mol. The Morgan fingerprint density at radius 2 is 1.81 bits per heavy atom. The molecule has 0 fully saturated rings. The SMILES string of the molecule is Cc1cc(C(O)c2ccc(F)cc2)ccn1. The van der Waals surface area contributed by atoms with Crippen LogP contribution in [-0.4, -0.2) is 10.1 Å². The number of aliphatic hydroxyl groups is 1. The molecule has 16 heavy (non-hydrogen) atoms. The van der Waals surface area contributed by atoms with E-state index in [1.165, 1.54) is 12.1 Å². The molecule has 3 heteroatoms. The summed E-state index contributed by atoms with van der Waals surface area (Å²) in [7, 11) is 0. The van der Waals surface area contributed by atoms with E-state index in [0.717, 1.165) is 11.3 Å². The van der Waals surface area contributed by atoms with Crippen molar-refractivity contribution >= 4 is 0 Å². The molecule has 2 aromatic rings. The summed E-state index contributed by atoms with van der Waals surface area (Å²) in [6.07, 6.45) is 0.916. The number of halogens is 1. The van der Waals surface area contributed by atoms with Gasteiger partial charge in [-0.15, -0.1) is 0 Å². The Labute approximate surface area is 93.4 Å². The van der Waals surface area contributed by atoms with Crippen molar-refractivity contribution in [2.24, 2.45) is 0 Å². The van der Waals surface area contributed by atoms with Crippen LogP contribution in [0.1, 0.15) is 22.9 Å². The summed E-state index contributed by atoms with van der Waals surface area (Å²) in [5.74, 6) is -0.304. The normalized spacial score (nSPS) is 12.4. The third kappa shape index (κ3) is 2.25. The smallest absolute Gasteiger partial charge is 0.123 e. The Morgan fingerprint density at radius 1 is 1.12 bits per heavy atom. The van der Waals surface area contributed by atoms with Crippen molar-refractivity contribution < 1.29 is 9.50 Å². The molecule has 1 unspecified atom stereocenters. The minimum Gasteiger partial charge on any atom is -0.384 e. The molecule has 0 aliphatic rings. The molecule has 0 saturated heterocycles. The zero-order valence-corrected chi connectivity index (χ0v) is 8.89. The fraction of sp³-hybridized carbons (Fsp3) is 0.154. The summed E-state index contributed by atoms with van der Waals surface area (Å²) in [6, 6.07) is 9.40. The van der Waals surface area contributed by atoms with Crippen LogP contribution in [0.4, 0.5) is 4.39 Å². The Bertz CT molecular complexity index is 482. The quantitative estimate of drug-likeness (QED) is 0.838. The van der Waals surface area contributed by atoms with Crippen LogP contribution in [0.3, 0.4) is 0 Å². The van der Waals surface area contributed by atoms with Gasteiger partial charge in [-0.05, 0) is 42.3 Å². The maximum atomic E-state index is 12.7. The second kappa shape index (κ2) is 4.41. The molecule has 2 nitrogen and oxygen atoms in total. The predicted molar refractivity (Wildman–Crippen MR) is 59.4 cm³/mol. The standard InChI is InChI=1S/C13H12FNO/c1-9-8-11(6-7-15-9)13(16)10-2-4-12(14)5-3-10/h2-8,13,16H,1H3. The van der Waals surface area contributed by atoms with Gasteiger partial charge < -0.3 is 5.11 Å². The third-order valence-electron chi connectivity index (χ3n) is 2.42. The van der Waals surface area contributed by atoms with Gasteiger partial charge in [-0.2, -0.15) is 0 Å². The molecule has 0 spiro atoms. The Hall–Kier alpha value is -1.74. The average molecular weight is 217 g/mol. The monoisotopic (exact) mass is 217 g/mol. The van der Waals surface area contributed by atoms with Gasteiger partial charge in [-0.1, -0.05) is 12.1 Å². The first kappa shape index (κ1) is 10.8. The maximum Gasteiger partial charge on any atom is 0.123 e. The molecule has 1 N–H and O–H groups in total. The van der Waals surface area contributed by atoms with Gasteiger partial charge in [0.2, 0.25) is 0 Å². The van der Waals surface area contributed by atoms with Gasteiger partial charge in [0.1, 0.15) is 11.9 Å². The number of nitrogens with zero attached hydrogens (tertiary/aromatic N) is 1. The molecule has 0 aliphatic heterocycles. The zero-order chi connectivity index (χ0) is 11.5. The first-order chi connectivity index (χ1) is 7.66. The van der Waals surface area contributed by atoms with E-state index in [-0.39, 0.29) is 5.82 Å². The van der Waals surface area contributed by atoms with Crippen molar-refractivity contribution in [3.05, 3.63) is 65.2 Å². The number of pyridine rings is 1. The van der Waals surface area contributed by atoms with Gasteiger partial charge >= 0.3 is 0 Å². The van der Waals surface area contributed by atoms with Crippen LogP contribution in [0.25, 0.3) is 0 Å². The van der Waals surface area contributed by atoms with E-state index in [1.54, 1.807) is 24.4 Å². The van der Waals surface area contributed by atoms with Crippen LogP contribution in [0.15, 0.2) is 42.6 Å². The second-order valence-electron chi connectivity index (χ2n) is 3.68. The van der Waals surface area contributed by atoms with Gasteiger partial charge in [0.25, 0.3) is 0 Å². The van der Waals surface area contributed by atoms with Crippen molar-refractivity contribution in [3.8, 4) is 0 Å². The van der Waals surface area contributed by atoms with E-state index in [1.807, 2.05) is 13.0 Å². The van der Waals surface area contributed by atoms with Gasteiger partial charge in [-0.25, -0.2) is 4.39 Å². The van der Waals surface area contributed by atoms with E-state index in [4.69, 9.17) is 0 Å². The van der Waals surface area contributed by atoms with Crippen LogP contribution < -0.4 is 0 Å². The van der Waals surface area contributed by atoms with E-state index in [0.29, 0.717) is 5.56 Å². The summed E-state index contributed by atoms with van der Waals surface area (Å²) >= 11 is 0. The summed E-state index contributed by atoms with van der Waals surface area (Å²) in [5.41, 5.74) is 2.28. The largest absolute Gasteiger partial charge is 0.384 e. The molecule has 82 valence electrons. The molecule has 0 amide bonds. The van der Waals surface area contributed by atoms with E-state index in [2.05, 4.69) is 4.98 Å². The topological polar surface area (TPSA) is 33.1 Å². The predicted octanol–water partition coefficient (Wildman–Crippen LogP) is 2.61. The highest BCUT2D eigenvalue weighted by atomic mass is 19.1. The third-order valence-corrected chi connectivity index (χ3v) is 2.42. The van der Waals surface area contributed by atoms with Gasteiger partial charge in [0.05, 0.1) is 0 Å². The summed E-state index contributed by atoms with van der Waals surface area (Å²) < 4.78 is 12.7. The highest BCUT2D eigenvalue weighted by molar-refractivity contribution is 5.29. The highest BCUT2D eigenvalue weighted by Crippen LogP contribution is 2.21. The van der Waals surface area contributed by atoms with Crippen LogP contribution in [0.2, 0.25) is 0 Å². The van der Waals surface area contributed by atoms with Gasteiger partial charge in [0.15, 0.2) is 0 Å². The number of rotatable bonds is 2. The lowest BCUT2D eigenvalue weighted by atomic mass is 10.0. The van der Waals surface area contributed by atoms with Gasteiger partial charge in [0, 0.05) is 11.9 Å². The lowest BCUT2D eigenvalue weighted by molar-refractivity contribution is 0.220. The molecule has 1 heterocycles. The Morgan fingerprint density at radius 3 is 2.44 bits per heavy atom. The van der Waals surface area contributed by atoms with E-state index >= 15 is 0 Å². The lowest BCUT2D eigenvalue weighted by Crippen LogP contribution is -2.00. The summed E-state index contributed by atoms with van der Waals surface area (Å²) in [6.45, 7) is 1.86. The molecule has 1 aromatic carbocycles. The van der Waals surface area contributed by atoms with Crippen molar-refractivity contribution in [2.75, 3.05) is 0 Å². The van der Waals surface area contributed by atoms with Crippen LogP contribution >= 0.6 is 0 Å². The van der Waals surface area contributed by atoms with Crippen molar-refractivity contribution in [1.82, 2.24) is 4.98 Å². The fourth-order valence-electron chi connectivity index (χ4n) is 1.58. The van der Waals surface area contributed by atoms with E-state index < -0.39 is 6.10 Å². The summed E-state index contributed by atoms with van der Waals surface area (Å²) in [5, 5.41) is 10.1.